The molecule has 0 radical (unpaired) electrons. The van der Waals surface area contributed by atoms with Crippen LogP contribution in [0.1, 0.15) is 11.1 Å². The normalized spacial score (nSPS) is 11.3. The Bertz CT molecular complexity index is 1020. The van der Waals surface area contributed by atoms with Crippen LogP contribution in [0.3, 0.4) is 0 Å². The molecule has 3 aromatic rings. The number of nitrogens with one attached hydrogen (secondary N) is 2. The second kappa shape index (κ2) is 6.93. The van der Waals surface area contributed by atoms with E-state index < -0.39 is 17.5 Å². The highest BCUT2D eigenvalue weighted by molar-refractivity contribution is 6.03. The molecule has 0 saturated carbocycles. The maximum Gasteiger partial charge on any atom is 0.262 e. The van der Waals surface area contributed by atoms with Gasteiger partial charge in [-0.3, -0.25) is 4.79 Å². The quantitative estimate of drug-likeness (QED) is 0.567. The van der Waals surface area contributed by atoms with Gasteiger partial charge in [-0.1, -0.05) is 6.07 Å². The van der Waals surface area contributed by atoms with Crippen molar-refractivity contribution in [1.29, 1.82) is 5.26 Å². The van der Waals surface area contributed by atoms with Crippen molar-refractivity contribution in [1.82, 2.24) is 15.3 Å². The summed E-state index contributed by atoms with van der Waals surface area (Å²) in [6, 6.07) is 8.75. The van der Waals surface area contributed by atoms with Gasteiger partial charge in [0.1, 0.15) is 17.3 Å². The first kappa shape index (κ1) is 16.3. The first-order chi connectivity index (χ1) is 12.1. The Kier molecular flexibility index (Phi) is 4.53. The predicted octanol–water partition coefficient (Wildman–Crippen LogP) is 3.06. The lowest BCUT2D eigenvalue weighted by Gasteiger charge is -2.05. The molecule has 3 rings (SSSR count). The molecule has 0 aliphatic rings. The summed E-state index contributed by atoms with van der Waals surface area (Å²) in [5, 5.41) is 12.5. The summed E-state index contributed by atoms with van der Waals surface area (Å²) in [6.07, 6.45) is 4.73. The zero-order valence-electron chi connectivity index (χ0n) is 12.9. The number of aromatic nitrogens is 2. The summed E-state index contributed by atoms with van der Waals surface area (Å²) in [5.74, 6) is -2.56. The Morgan fingerprint density at radius 2 is 2.16 bits per heavy atom. The third-order valence-corrected chi connectivity index (χ3v) is 3.59. The van der Waals surface area contributed by atoms with Crippen molar-refractivity contribution in [3.63, 3.8) is 0 Å². The van der Waals surface area contributed by atoms with E-state index in [1.807, 2.05) is 12.1 Å². The van der Waals surface area contributed by atoms with Crippen molar-refractivity contribution in [3.8, 4) is 6.07 Å². The third kappa shape index (κ3) is 3.53. The molecule has 2 aromatic heterocycles. The smallest absolute Gasteiger partial charge is 0.262 e. The van der Waals surface area contributed by atoms with Crippen LogP contribution in [0.2, 0.25) is 0 Å². The molecule has 0 saturated heterocycles. The van der Waals surface area contributed by atoms with Crippen LogP contribution in [0.25, 0.3) is 17.1 Å². The number of nitrogens with zero attached hydrogens (tertiary/aromatic N) is 2. The second-order valence-corrected chi connectivity index (χ2v) is 5.24. The predicted molar refractivity (Wildman–Crippen MR) is 87.9 cm³/mol. The van der Waals surface area contributed by atoms with Gasteiger partial charge in [0, 0.05) is 29.9 Å². The summed E-state index contributed by atoms with van der Waals surface area (Å²) in [6.45, 7) is -0.0233. The van der Waals surface area contributed by atoms with Crippen molar-refractivity contribution < 1.29 is 13.6 Å². The Labute approximate surface area is 141 Å². The Balaban J connectivity index is 1.77. The first-order valence-corrected chi connectivity index (χ1v) is 7.34. The molecule has 0 aliphatic carbocycles. The van der Waals surface area contributed by atoms with Gasteiger partial charge in [0.05, 0.1) is 0 Å². The molecule has 0 atom stereocenters. The maximum absolute atomic E-state index is 13.2. The van der Waals surface area contributed by atoms with Crippen molar-refractivity contribution in [2.75, 3.05) is 0 Å². The minimum Gasteiger partial charge on any atom is -0.347 e. The number of nitriles is 1. The van der Waals surface area contributed by atoms with Gasteiger partial charge in [-0.05, 0) is 35.9 Å². The van der Waals surface area contributed by atoms with Gasteiger partial charge in [-0.15, -0.1) is 0 Å². The lowest BCUT2D eigenvalue weighted by molar-refractivity contribution is -0.117. The molecule has 25 heavy (non-hydrogen) atoms. The fourth-order valence-electron chi connectivity index (χ4n) is 2.33. The summed E-state index contributed by atoms with van der Waals surface area (Å²) in [5.41, 5.74) is 1.59. The number of carbonyl (C=O) groups is 1. The van der Waals surface area contributed by atoms with Crippen LogP contribution < -0.4 is 5.32 Å². The maximum atomic E-state index is 13.2. The standard InChI is InChI=1S/C18H12F2N4O/c19-15-4-3-11(6-16(15)20)9-24-18(25)12(8-21)7-13-10-23-17-14(13)2-1-5-22-17/h1-7,10H,9H2,(H,22,23)(H,24,25)/b12-7+. The number of pyridine rings is 1. The van der Waals surface area contributed by atoms with Gasteiger partial charge in [-0.25, -0.2) is 13.8 Å². The molecular weight excluding hydrogens is 326 g/mol. The Morgan fingerprint density at radius 1 is 1.32 bits per heavy atom. The van der Waals surface area contributed by atoms with Crippen LogP contribution in [0.15, 0.2) is 48.3 Å². The van der Waals surface area contributed by atoms with E-state index in [9.17, 15) is 18.8 Å². The third-order valence-electron chi connectivity index (χ3n) is 3.59. The largest absolute Gasteiger partial charge is 0.347 e. The molecule has 124 valence electrons. The Morgan fingerprint density at radius 3 is 2.92 bits per heavy atom. The highest BCUT2D eigenvalue weighted by Crippen LogP contribution is 2.18. The number of H-pyrrole nitrogens is 1. The number of halogens is 2. The van der Waals surface area contributed by atoms with E-state index in [1.54, 1.807) is 18.5 Å². The van der Waals surface area contributed by atoms with Gasteiger partial charge in [-0.2, -0.15) is 5.26 Å². The van der Waals surface area contributed by atoms with E-state index in [1.165, 1.54) is 12.1 Å². The number of benzene rings is 1. The van der Waals surface area contributed by atoms with E-state index >= 15 is 0 Å². The van der Waals surface area contributed by atoms with Crippen molar-refractivity contribution in [2.45, 2.75) is 6.54 Å². The molecule has 0 aliphatic heterocycles. The van der Waals surface area contributed by atoms with Gasteiger partial charge >= 0.3 is 0 Å². The summed E-state index contributed by atoms with van der Waals surface area (Å²) in [4.78, 5) is 19.3. The van der Waals surface area contributed by atoms with Crippen LogP contribution >= 0.6 is 0 Å². The molecule has 5 nitrogen and oxygen atoms in total. The zero-order chi connectivity index (χ0) is 17.8. The molecule has 1 aromatic carbocycles. The van der Waals surface area contributed by atoms with E-state index in [2.05, 4.69) is 15.3 Å². The van der Waals surface area contributed by atoms with Gasteiger partial charge in [0.2, 0.25) is 0 Å². The lowest BCUT2D eigenvalue weighted by atomic mass is 10.1. The molecule has 0 bridgehead atoms. The molecule has 7 heteroatoms. The van der Waals surface area contributed by atoms with Crippen LogP contribution in [0, 0.1) is 23.0 Å². The topological polar surface area (TPSA) is 81.6 Å². The summed E-state index contributed by atoms with van der Waals surface area (Å²) < 4.78 is 26.1. The number of aromatic amines is 1. The highest BCUT2D eigenvalue weighted by atomic mass is 19.2. The van der Waals surface area contributed by atoms with Crippen molar-refractivity contribution in [3.05, 3.63) is 71.1 Å². The Hall–Kier alpha value is -3.53. The van der Waals surface area contributed by atoms with Gasteiger partial charge in [0.25, 0.3) is 5.91 Å². The monoisotopic (exact) mass is 338 g/mol. The molecule has 2 heterocycles. The highest BCUT2D eigenvalue weighted by Gasteiger charge is 2.11. The van der Waals surface area contributed by atoms with Crippen LogP contribution in [0.5, 0.6) is 0 Å². The zero-order valence-corrected chi connectivity index (χ0v) is 12.9. The fraction of sp³-hybridized carbons (Fsp3) is 0.0556. The van der Waals surface area contributed by atoms with E-state index in [-0.39, 0.29) is 12.1 Å². The van der Waals surface area contributed by atoms with Gasteiger partial charge < -0.3 is 10.3 Å². The molecule has 1 amide bonds. The molecule has 0 fully saturated rings. The molecule has 0 spiro atoms. The number of rotatable bonds is 4. The second-order valence-electron chi connectivity index (χ2n) is 5.24. The summed E-state index contributed by atoms with van der Waals surface area (Å²) >= 11 is 0. The fourth-order valence-corrected chi connectivity index (χ4v) is 2.33. The minimum atomic E-state index is -0.992. The van der Waals surface area contributed by atoms with E-state index in [0.717, 1.165) is 17.5 Å². The number of carbonyl (C=O) groups excluding carboxylic acids is 1. The van der Waals surface area contributed by atoms with E-state index in [0.29, 0.717) is 16.8 Å². The van der Waals surface area contributed by atoms with Crippen LogP contribution in [0.4, 0.5) is 8.78 Å². The first-order valence-electron chi connectivity index (χ1n) is 7.34. The minimum absolute atomic E-state index is 0.0233. The molecule has 0 unspecified atom stereocenters. The number of amides is 1. The molecular formula is C18H12F2N4O. The average Bonchev–Trinajstić information content (AvgIpc) is 3.03. The molecule has 2 N–H and O–H groups in total. The van der Waals surface area contributed by atoms with Crippen molar-refractivity contribution >= 4 is 23.0 Å². The number of hydrogen-bond acceptors (Lipinski definition) is 3. The van der Waals surface area contributed by atoms with Crippen LogP contribution in [-0.4, -0.2) is 15.9 Å². The van der Waals surface area contributed by atoms with Crippen molar-refractivity contribution in [2.24, 2.45) is 0 Å². The van der Waals surface area contributed by atoms with Crippen LogP contribution in [-0.2, 0) is 11.3 Å². The number of fused-ring (bicyclic) bond motifs is 1. The van der Waals surface area contributed by atoms with Gasteiger partial charge in [0.15, 0.2) is 11.6 Å². The summed E-state index contributed by atoms with van der Waals surface area (Å²) in [7, 11) is 0. The number of hydrogen-bond donors (Lipinski definition) is 2. The SMILES string of the molecule is N#C/C(=C\c1c[nH]c2ncccc12)C(=O)NCc1ccc(F)c(F)c1. The van der Waals surface area contributed by atoms with E-state index in [4.69, 9.17) is 0 Å². The lowest BCUT2D eigenvalue weighted by Crippen LogP contribution is -2.24. The average molecular weight is 338 g/mol.